The number of guanidine groups is 1. The van der Waals surface area contributed by atoms with E-state index in [4.69, 9.17) is 19.2 Å². The molecule has 0 aromatic heterocycles. The van der Waals surface area contributed by atoms with Gasteiger partial charge in [-0.1, -0.05) is 12.1 Å². The fourth-order valence-corrected chi connectivity index (χ4v) is 3.33. The number of methoxy groups -OCH3 is 1. The third-order valence-corrected chi connectivity index (χ3v) is 5.14. The molecule has 0 aliphatic heterocycles. The van der Waals surface area contributed by atoms with Crippen molar-refractivity contribution in [3.8, 4) is 11.5 Å². The second-order valence-corrected chi connectivity index (χ2v) is 7.76. The Hall–Kier alpha value is -1.75. The van der Waals surface area contributed by atoms with Gasteiger partial charge in [-0.3, -0.25) is 4.79 Å². The van der Waals surface area contributed by atoms with Crippen LogP contribution in [-0.2, 0) is 16.1 Å². The maximum atomic E-state index is 12.0. The van der Waals surface area contributed by atoms with E-state index in [0.29, 0.717) is 32.3 Å². The van der Waals surface area contributed by atoms with Crippen molar-refractivity contribution < 1.29 is 19.0 Å². The van der Waals surface area contributed by atoms with Crippen molar-refractivity contribution in [1.29, 1.82) is 0 Å². The van der Waals surface area contributed by atoms with E-state index in [-0.39, 0.29) is 42.5 Å². The largest absolute Gasteiger partial charge is 0.493 e. The summed E-state index contributed by atoms with van der Waals surface area (Å²) in [5.41, 5.74) is 0.959. The molecule has 1 fully saturated rings. The van der Waals surface area contributed by atoms with Crippen LogP contribution < -0.4 is 20.1 Å². The zero-order chi connectivity index (χ0) is 22.5. The maximum absolute atomic E-state index is 12.0. The molecule has 0 saturated heterocycles. The van der Waals surface area contributed by atoms with E-state index in [0.717, 1.165) is 36.3 Å². The summed E-state index contributed by atoms with van der Waals surface area (Å²) in [6.45, 7) is 4.66. The molecule has 1 saturated carbocycles. The first-order chi connectivity index (χ1) is 15.0. The van der Waals surface area contributed by atoms with Crippen LogP contribution in [0.3, 0.4) is 0 Å². The van der Waals surface area contributed by atoms with Gasteiger partial charge in [0.1, 0.15) is 0 Å². The summed E-state index contributed by atoms with van der Waals surface area (Å²) >= 11 is 0. The van der Waals surface area contributed by atoms with Gasteiger partial charge in [-0.05, 0) is 45.1 Å². The van der Waals surface area contributed by atoms with Crippen LogP contribution in [0.4, 0.5) is 0 Å². The van der Waals surface area contributed by atoms with E-state index in [2.05, 4.69) is 10.6 Å². The van der Waals surface area contributed by atoms with Gasteiger partial charge < -0.3 is 29.7 Å². The lowest BCUT2D eigenvalue weighted by Gasteiger charge is -2.19. The Morgan fingerprint density at radius 2 is 1.97 bits per heavy atom. The highest BCUT2D eigenvalue weighted by Crippen LogP contribution is 2.35. The van der Waals surface area contributed by atoms with Crippen molar-refractivity contribution >= 4 is 35.8 Å². The molecular formula is C23H39IN4O4. The number of aliphatic imine (C=N–C) groups is 1. The summed E-state index contributed by atoms with van der Waals surface area (Å²) in [6.07, 6.45) is 5.63. The Balaban J connectivity index is 0.00000512. The smallest absolute Gasteiger partial charge is 0.241 e. The van der Waals surface area contributed by atoms with Crippen molar-refractivity contribution in [2.75, 3.05) is 47.5 Å². The molecule has 1 aliphatic rings. The number of nitrogens with one attached hydrogen (secondary N) is 2. The highest BCUT2D eigenvalue weighted by Gasteiger charge is 2.20. The number of hydrogen-bond donors (Lipinski definition) is 2. The molecule has 1 aromatic carbocycles. The lowest BCUT2D eigenvalue weighted by molar-refractivity contribution is -0.127. The minimum atomic E-state index is -0.0181. The van der Waals surface area contributed by atoms with Gasteiger partial charge in [-0.25, -0.2) is 4.99 Å². The quantitative estimate of drug-likeness (QED) is 0.176. The predicted molar refractivity (Wildman–Crippen MR) is 138 cm³/mol. The molecule has 0 bridgehead atoms. The molecular weight excluding hydrogens is 523 g/mol. The molecule has 1 aromatic rings. The first-order valence-electron chi connectivity index (χ1n) is 11.2. The van der Waals surface area contributed by atoms with Gasteiger partial charge in [-0.2, -0.15) is 0 Å². The van der Waals surface area contributed by atoms with E-state index in [9.17, 15) is 4.79 Å². The number of carbonyl (C=O) groups is 1. The SMILES string of the molecule is CCOCCCNC(=NCc1cccc(OC)c1OC1CCCC1)NCC(=O)N(C)C.I. The topological polar surface area (TPSA) is 84.4 Å². The molecule has 9 heteroatoms. The number of rotatable bonds is 12. The molecule has 1 aliphatic carbocycles. The average Bonchev–Trinajstić information content (AvgIpc) is 3.28. The highest BCUT2D eigenvalue weighted by molar-refractivity contribution is 14.0. The molecule has 0 spiro atoms. The minimum Gasteiger partial charge on any atom is -0.493 e. The van der Waals surface area contributed by atoms with Crippen LogP contribution in [0.5, 0.6) is 11.5 Å². The van der Waals surface area contributed by atoms with Crippen LogP contribution in [0, 0.1) is 0 Å². The molecule has 182 valence electrons. The third-order valence-electron chi connectivity index (χ3n) is 5.14. The zero-order valence-electron chi connectivity index (χ0n) is 19.8. The van der Waals surface area contributed by atoms with Gasteiger partial charge in [-0.15, -0.1) is 24.0 Å². The third kappa shape index (κ3) is 9.81. The van der Waals surface area contributed by atoms with Crippen LogP contribution in [0.1, 0.15) is 44.6 Å². The first kappa shape index (κ1) is 28.3. The second kappa shape index (κ2) is 16.0. The molecule has 0 atom stereocenters. The molecule has 32 heavy (non-hydrogen) atoms. The number of carbonyl (C=O) groups excluding carboxylic acids is 1. The van der Waals surface area contributed by atoms with E-state index in [1.165, 1.54) is 12.8 Å². The first-order valence-corrected chi connectivity index (χ1v) is 11.2. The lowest BCUT2D eigenvalue weighted by atomic mass is 10.1. The fourth-order valence-electron chi connectivity index (χ4n) is 3.33. The molecule has 2 N–H and O–H groups in total. The Morgan fingerprint density at radius 3 is 2.62 bits per heavy atom. The Labute approximate surface area is 209 Å². The van der Waals surface area contributed by atoms with Crippen LogP contribution in [-0.4, -0.2) is 70.4 Å². The van der Waals surface area contributed by atoms with Gasteiger partial charge in [0.15, 0.2) is 17.5 Å². The second-order valence-electron chi connectivity index (χ2n) is 7.76. The molecule has 0 heterocycles. The molecule has 2 rings (SSSR count). The Bertz CT molecular complexity index is 709. The molecule has 0 unspecified atom stereocenters. The molecule has 1 amide bonds. The summed E-state index contributed by atoms with van der Waals surface area (Å²) in [5.74, 6) is 2.05. The summed E-state index contributed by atoms with van der Waals surface area (Å²) in [4.78, 5) is 18.2. The van der Waals surface area contributed by atoms with Crippen LogP contribution in [0.25, 0.3) is 0 Å². The maximum Gasteiger partial charge on any atom is 0.241 e. The van der Waals surface area contributed by atoms with Crippen LogP contribution >= 0.6 is 24.0 Å². The number of likely N-dealkylation sites (N-methyl/N-ethyl adjacent to an activating group) is 1. The Kier molecular flexibility index (Phi) is 14.1. The minimum absolute atomic E-state index is 0. The lowest BCUT2D eigenvalue weighted by Crippen LogP contribution is -2.43. The van der Waals surface area contributed by atoms with Crippen molar-refractivity contribution in [2.45, 2.75) is 51.7 Å². The van der Waals surface area contributed by atoms with Crippen LogP contribution in [0.15, 0.2) is 23.2 Å². The van der Waals surface area contributed by atoms with Gasteiger partial charge in [0.25, 0.3) is 0 Å². The van der Waals surface area contributed by atoms with Crippen molar-refractivity contribution in [3.63, 3.8) is 0 Å². The van der Waals surface area contributed by atoms with Gasteiger partial charge in [0.05, 0.1) is 26.3 Å². The van der Waals surface area contributed by atoms with Gasteiger partial charge in [0, 0.05) is 39.4 Å². The Morgan fingerprint density at radius 1 is 1.22 bits per heavy atom. The number of nitrogens with zero attached hydrogens (tertiary/aromatic N) is 2. The predicted octanol–water partition coefficient (Wildman–Crippen LogP) is 3.18. The van der Waals surface area contributed by atoms with Crippen molar-refractivity contribution in [3.05, 3.63) is 23.8 Å². The number of ether oxygens (including phenoxy) is 3. The van der Waals surface area contributed by atoms with Gasteiger partial charge >= 0.3 is 0 Å². The summed E-state index contributed by atoms with van der Waals surface area (Å²) in [6, 6.07) is 5.87. The summed E-state index contributed by atoms with van der Waals surface area (Å²) < 4.78 is 17.2. The molecule has 8 nitrogen and oxygen atoms in total. The number of halogens is 1. The standard InChI is InChI=1S/C23H38N4O4.HI/c1-5-30-15-9-14-24-23(26-17-21(28)27(2)3)25-16-18-10-8-13-20(29-4)22(18)31-19-11-6-7-12-19;/h8,10,13,19H,5-7,9,11-12,14-17H2,1-4H3,(H2,24,25,26);1H. The number of benzene rings is 1. The molecule has 0 radical (unpaired) electrons. The fraction of sp³-hybridized carbons (Fsp3) is 0.652. The average molecular weight is 562 g/mol. The summed E-state index contributed by atoms with van der Waals surface area (Å²) in [5, 5.41) is 6.40. The van der Waals surface area contributed by atoms with Gasteiger partial charge in [0.2, 0.25) is 5.91 Å². The summed E-state index contributed by atoms with van der Waals surface area (Å²) in [7, 11) is 5.13. The van der Waals surface area contributed by atoms with E-state index >= 15 is 0 Å². The van der Waals surface area contributed by atoms with E-state index in [1.54, 1.807) is 26.1 Å². The number of hydrogen-bond acceptors (Lipinski definition) is 5. The zero-order valence-corrected chi connectivity index (χ0v) is 22.1. The van der Waals surface area contributed by atoms with Crippen molar-refractivity contribution in [1.82, 2.24) is 15.5 Å². The monoisotopic (exact) mass is 562 g/mol. The van der Waals surface area contributed by atoms with Crippen LogP contribution in [0.2, 0.25) is 0 Å². The van der Waals surface area contributed by atoms with E-state index in [1.807, 2.05) is 25.1 Å². The number of amides is 1. The van der Waals surface area contributed by atoms with Crippen molar-refractivity contribution in [2.24, 2.45) is 4.99 Å². The highest BCUT2D eigenvalue weighted by atomic mass is 127. The normalized spacial score (nSPS) is 13.9. The van der Waals surface area contributed by atoms with E-state index < -0.39 is 0 Å². The number of para-hydroxylation sites is 1.